The maximum absolute atomic E-state index is 5.24. The third kappa shape index (κ3) is 9.36. The van der Waals surface area contributed by atoms with Crippen LogP contribution in [-0.4, -0.2) is 16.8 Å². The highest BCUT2D eigenvalue weighted by Crippen LogP contribution is 2.11. The molecule has 0 aliphatic rings. The zero-order valence-corrected chi connectivity index (χ0v) is 15.7. The Morgan fingerprint density at radius 1 is 0.870 bits per heavy atom. The summed E-state index contributed by atoms with van der Waals surface area (Å²) in [5.41, 5.74) is 8.09. The van der Waals surface area contributed by atoms with Gasteiger partial charge in [-0.05, 0) is 61.4 Å². The largest absolute Gasteiger partial charge is 0.361 e. The molecule has 1 aromatic carbocycles. The molecule has 0 spiro atoms. The summed E-state index contributed by atoms with van der Waals surface area (Å²) in [6.07, 6.45) is 7.08. The van der Waals surface area contributed by atoms with E-state index in [4.69, 9.17) is 24.4 Å². The molecule has 0 radical (unpaired) electrons. The first-order valence-electron chi connectivity index (χ1n) is 8.35. The van der Waals surface area contributed by atoms with Crippen molar-refractivity contribution in [1.82, 2.24) is 16.2 Å². The molecular formula is C17H28N4S2. The molecule has 0 saturated carbocycles. The maximum atomic E-state index is 5.24. The Morgan fingerprint density at radius 2 is 1.52 bits per heavy atom. The number of unbranched alkanes of at least 4 members (excludes halogenated alkanes) is 3. The molecule has 1 rings (SSSR count). The Bertz CT molecular complexity index is 474. The molecule has 0 atom stereocenters. The Balaban J connectivity index is 2.24. The second-order valence-electron chi connectivity index (χ2n) is 5.47. The standard InChI is InChI=1S/C17H28N4S2/c1-3-5-7-13-18-16(22)20-21-17(23)19-15-11-9-14(10-12-15)8-6-4-2/h9-12H,3-8,13H2,1-2H3,(H2,18,20,22)(H2,19,21,23). The SMILES string of the molecule is CCCCCNC(=S)NNC(=S)Nc1ccc(CCCC)cc1. The van der Waals surface area contributed by atoms with E-state index >= 15 is 0 Å². The quantitative estimate of drug-likeness (QED) is 0.324. The van der Waals surface area contributed by atoms with Crippen LogP contribution in [0.25, 0.3) is 0 Å². The highest BCUT2D eigenvalue weighted by Gasteiger charge is 1.99. The minimum atomic E-state index is 0.490. The van der Waals surface area contributed by atoms with E-state index in [2.05, 4.69) is 47.5 Å². The Kier molecular flexibility index (Phi) is 10.3. The van der Waals surface area contributed by atoms with Gasteiger partial charge in [0.1, 0.15) is 0 Å². The second kappa shape index (κ2) is 12.1. The van der Waals surface area contributed by atoms with Crippen molar-refractivity contribution < 1.29 is 0 Å². The minimum absolute atomic E-state index is 0.490. The molecule has 1 aromatic rings. The van der Waals surface area contributed by atoms with E-state index in [1.165, 1.54) is 31.2 Å². The number of aryl methyl sites for hydroxylation is 1. The monoisotopic (exact) mass is 352 g/mol. The number of hydrogen-bond acceptors (Lipinski definition) is 2. The Morgan fingerprint density at radius 3 is 2.17 bits per heavy atom. The average Bonchev–Trinajstić information content (AvgIpc) is 2.56. The lowest BCUT2D eigenvalue weighted by molar-refractivity contribution is 0.685. The Hall–Kier alpha value is -1.40. The van der Waals surface area contributed by atoms with Crippen molar-refractivity contribution in [1.29, 1.82) is 0 Å². The number of rotatable bonds is 8. The highest BCUT2D eigenvalue weighted by atomic mass is 32.1. The predicted molar refractivity (Wildman–Crippen MR) is 108 cm³/mol. The van der Waals surface area contributed by atoms with Gasteiger partial charge in [-0.25, -0.2) is 0 Å². The number of anilines is 1. The van der Waals surface area contributed by atoms with E-state index in [0.29, 0.717) is 10.2 Å². The van der Waals surface area contributed by atoms with Gasteiger partial charge < -0.3 is 10.6 Å². The molecular weight excluding hydrogens is 324 g/mol. The van der Waals surface area contributed by atoms with Crippen molar-refractivity contribution in [2.24, 2.45) is 0 Å². The van der Waals surface area contributed by atoms with Gasteiger partial charge in [0.15, 0.2) is 10.2 Å². The molecule has 128 valence electrons. The number of hydrogen-bond donors (Lipinski definition) is 4. The van der Waals surface area contributed by atoms with Crippen LogP contribution in [0.4, 0.5) is 5.69 Å². The molecule has 0 aromatic heterocycles. The van der Waals surface area contributed by atoms with Crippen molar-refractivity contribution >= 4 is 40.3 Å². The first kappa shape index (κ1) is 19.6. The van der Waals surface area contributed by atoms with E-state index in [0.717, 1.165) is 25.1 Å². The van der Waals surface area contributed by atoms with Crippen molar-refractivity contribution in [2.75, 3.05) is 11.9 Å². The molecule has 0 bridgehead atoms. The van der Waals surface area contributed by atoms with Gasteiger partial charge in [-0.1, -0.05) is 45.2 Å². The van der Waals surface area contributed by atoms with Gasteiger partial charge in [-0.3, -0.25) is 10.9 Å². The number of benzene rings is 1. The lowest BCUT2D eigenvalue weighted by Gasteiger charge is -2.14. The van der Waals surface area contributed by atoms with Crippen LogP contribution in [0, 0.1) is 0 Å². The van der Waals surface area contributed by atoms with Crippen LogP contribution in [0.5, 0.6) is 0 Å². The van der Waals surface area contributed by atoms with Crippen LogP contribution in [0.3, 0.4) is 0 Å². The third-order valence-corrected chi connectivity index (χ3v) is 3.84. The van der Waals surface area contributed by atoms with E-state index in [-0.39, 0.29) is 0 Å². The van der Waals surface area contributed by atoms with Crippen LogP contribution in [0.15, 0.2) is 24.3 Å². The van der Waals surface area contributed by atoms with Crippen molar-refractivity contribution in [3.8, 4) is 0 Å². The summed E-state index contributed by atoms with van der Waals surface area (Å²) in [5, 5.41) is 7.31. The van der Waals surface area contributed by atoms with E-state index in [1.807, 2.05) is 12.1 Å². The lowest BCUT2D eigenvalue weighted by Crippen LogP contribution is -2.48. The summed E-state index contributed by atoms with van der Waals surface area (Å²) < 4.78 is 0. The fourth-order valence-electron chi connectivity index (χ4n) is 2.03. The fraction of sp³-hybridized carbons (Fsp3) is 0.529. The molecule has 4 N–H and O–H groups in total. The molecule has 0 unspecified atom stereocenters. The first-order chi connectivity index (χ1) is 11.2. The molecule has 6 heteroatoms. The van der Waals surface area contributed by atoms with Crippen molar-refractivity contribution in [3.05, 3.63) is 29.8 Å². The topological polar surface area (TPSA) is 48.1 Å². The van der Waals surface area contributed by atoms with Crippen molar-refractivity contribution in [2.45, 2.75) is 52.4 Å². The lowest BCUT2D eigenvalue weighted by atomic mass is 10.1. The zero-order chi connectivity index (χ0) is 16.9. The van der Waals surface area contributed by atoms with Crippen molar-refractivity contribution in [3.63, 3.8) is 0 Å². The average molecular weight is 353 g/mol. The van der Waals surface area contributed by atoms with Gasteiger partial charge in [0.2, 0.25) is 0 Å². The number of hydrazine groups is 1. The van der Waals surface area contributed by atoms with Gasteiger partial charge in [0.05, 0.1) is 0 Å². The summed E-state index contributed by atoms with van der Waals surface area (Å²) >= 11 is 10.4. The summed E-state index contributed by atoms with van der Waals surface area (Å²) in [5.74, 6) is 0. The summed E-state index contributed by atoms with van der Waals surface area (Å²) in [6.45, 7) is 5.26. The molecule has 0 saturated heterocycles. The van der Waals surface area contributed by atoms with E-state index in [9.17, 15) is 0 Å². The van der Waals surface area contributed by atoms with Crippen LogP contribution in [0.1, 0.15) is 51.5 Å². The molecule has 0 heterocycles. The number of nitrogens with one attached hydrogen (secondary N) is 4. The van der Waals surface area contributed by atoms with Crippen LogP contribution in [0.2, 0.25) is 0 Å². The summed E-state index contributed by atoms with van der Waals surface area (Å²) in [4.78, 5) is 0. The predicted octanol–water partition coefficient (Wildman–Crippen LogP) is 3.88. The van der Waals surface area contributed by atoms with Gasteiger partial charge in [-0.15, -0.1) is 0 Å². The van der Waals surface area contributed by atoms with E-state index < -0.39 is 0 Å². The first-order valence-corrected chi connectivity index (χ1v) is 9.17. The van der Waals surface area contributed by atoms with Crippen LogP contribution < -0.4 is 21.5 Å². The molecule has 4 nitrogen and oxygen atoms in total. The smallest absolute Gasteiger partial charge is 0.189 e. The normalized spacial score (nSPS) is 10.0. The third-order valence-electron chi connectivity index (χ3n) is 3.39. The van der Waals surface area contributed by atoms with Gasteiger partial charge in [0.25, 0.3) is 0 Å². The van der Waals surface area contributed by atoms with E-state index in [1.54, 1.807) is 0 Å². The number of thiocarbonyl (C=S) groups is 2. The van der Waals surface area contributed by atoms with Crippen LogP contribution in [-0.2, 0) is 6.42 Å². The van der Waals surface area contributed by atoms with Crippen LogP contribution >= 0.6 is 24.4 Å². The Labute approximate surface area is 150 Å². The van der Waals surface area contributed by atoms with Gasteiger partial charge in [-0.2, -0.15) is 0 Å². The molecule has 0 fully saturated rings. The summed E-state index contributed by atoms with van der Waals surface area (Å²) in [6, 6.07) is 8.35. The molecule has 0 aliphatic heterocycles. The van der Waals surface area contributed by atoms with Gasteiger partial charge in [0, 0.05) is 12.2 Å². The minimum Gasteiger partial charge on any atom is -0.361 e. The van der Waals surface area contributed by atoms with Gasteiger partial charge >= 0.3 is 0 Å². The molecule has 0 aliphatic carbocycles. The fourth-order valence-corrected chi connectivity index (χ4v) is 2.35. The zero-order valence-electron chi connectivity index (χ0n) is 14.1. The highest BCUT2D eigenvalue weighted by molar-refractivity contribution is 7.80. The molecule has 23 heavy (non-hydrogen) atoms. The maximum Gasteiger partial charge on any atom is 0.189 e. The summed E-state index contributed by atoms with van der Waals surface area (Å²) in [7, 11) is 0. The molecule has 0 amide bonds. The second-order valence-corrected chi connectivity index (χ2v) is 6.28.